The number of carbonyl (C=O) groups is 1. The largest absolute Gasteiger partial charge is 0.484 e. The predicted octanol–water partition coefficient (Wildman–Crippen LogP) is 3.29. The lowest BCUT2D eigenvalue weighted by molar-refractivity contribution is -0.118. The molecule has 0 aliphatic heterocycles. The number of aryl methyl sites for hydroxylation is 2. The Morgan fingerprint density at radius 3 is 3.05 bits per heavy atom. The van der Waals surface area contributed by atoms with E-state index in [1.54, 1.807) is 0 Å². The minimum atomic E-state index is -0.248. The molecule has 0 spiro atoms. The monoisotopic (exact) mass is 339 g/mol. The van der Waals surface area contributed by atoms with E-state index in [0.717, 1.165) is 24.3 Å². The molecule has 1 aromatic carbocycles. The molecule has 7 heteroatoms. The van der Waals surface area contributed by atoms with Gasteiger partial charge in [-0.05, 0) is 30.5 Å². The fourth-order valence-corrected chi connectivity index (χ4v) is 2.71. The van der Waals surface area contributed by atoms with Crippen molar-refractivity contribution in [1.82, 2.24) is 10.2 Å². The van der Waals surface area contributed by atoms with Gasteiger partial charge in [-0.3, -0.25) is 10.1 Å². The number of halogens is 1. The molecule has 2 aromatic rings. The number of hydrogen-bond acceptors (Lipinski definition) is 5. The number of alkyl halides is 1. The number of anilines is 1. The Hall–Kier alpha value is -1.66. The van der Waals surface area contributed by atoms with Gasteiger partial charge < -0.3 is 4.74 Å². The van der Waals surface area contributed by atoms with Crippen molar-refractivity contribution >= 4 is 34.0 Å². The lowest BCUT2D eigenvalue weighted by Crippen LogP contribution is -2.20. The van der Waals surface area contributed by atoms with Gasteiger partial charge in [0, 0.05) is 12.3 Å². The zero-order valence-corrected chi connectivity index (χ0v) is 13.9. The smallest absolute Gasteiger partial charge is 0.264 e. The number of nitrogens with zero attached hydrogens (tertiary/aromatic N) is 2. The summed E-state index contributed by atoms with van der Waals surface area (Å²) in [6.07, 6.45) is 2.55. The van der Waals surface area contributed by atoms with Gasteiger partial charge in [0.25, 0.3) is 5.91 Å². The minimum Gasteiger partial charge on any atom is -0.484 e. The van der Waals surface area contributed by atoms with Crippen LogP contribution in [0.25, 0.3) is 0 Å². The third kappa shape index (κ3) is 5.27. The van der Waals surface area contributed by atoms with Gasteiger partial charge in [-0.15, -0.1) is 21.8 Å². The second kappa shape index (κ2) is 8.70. The van der Waals surface area contributed by atoms with Crippen LogP contribution in [-0.4, -0.2) is 28.6 Å². The van der Waals surface area contributed by atoms with Gasteiger partial charge in [-0.25, -0.2) is 0 Å². The molecule has 0 bridgehead atoms. The number of aromatic nitrogens is 2. The molecule has 0 saturated carbocycles. The average molecular weight is 340 g/mol. The first-order valence-corrected chi connectivity index (χ1v) is 8.46. The average Bonchev–Trinajstić information content (AvgIpc) is 2.98. The maximum atomic E-state index is 11.8. The summed E-state index contributed by atoms with van der Waals surface area (Å²) >= 11 is 6.99. The molecule has 0 radical (unpaired) electrons. The number of rotatable bonds is 8. The van der Waals surface area contributed by atoms with Crippen molar-refractivity contribution in [1.29, 1.82) is 0 Å². The number of hydrogen-bond donors (Lipinski definition) is 1. The van der Waals surface area contributed by atoms with E-state index in [1.165, 1.54) is 16.9 Å². The van der Waals surface area contributed by atoms with Crippen molar-refractivity contribution in [3.63, 3.8) is 0 Å². The zero-order valence-electron chi connectivity index (χ0n) is 12.3. The van der Waals surface area contributed by atoms with Crippen LogP contribution >= 0.6 is 22.9 Å². The maximum Gasteiger partial charge on any atom is 0.264 e. The van der Waals surface area contributed by atoms with Gasteiger partial charge in [0.05, 0.1) is 0 Å². The van der Waals surface area contributed by atoms with Gasteiger partial charge in [0.15, 0.2) is 6.61 Å². The van der Waals surface area contributed by atoms with Crippen molar-refractivity contribution in [2.24, 2.45) is 0 Å². The van der Waals surface area contributed by atoms with Crippen LogP contribution in [0.1, 0.15) is 23.9 Å². The highest BCUT2D eigenvalue weighted by Crippen LogP contribution is 2.17. The van der Waals surface area contributed by atoms with E-state index in [9.17, 15) is 4.79 Å². The van der Waals surface area contributed by atoms with Crippen molar-refractivity contribution in [2.45, 2.75) is 26.2 Å². The molecule has 22 heavy (non-hydrogen) atoms. The molecular formula is C15H18ClN3O2S. The topological polar surface area (TPSA) is 64.1 Å². The third-order valence-corrected chi connectivity index (χ3v) is 4.08. The molecule has 1 heterocycles. The van der Waals surface area contributed by atoms with Gasteiger partial charge in [-0.2, -0.15) is 0 Å². The van der Waals surface area contributed by atoms with E-state index in [-0.39, 0.29) is 12.5 Å². The van der Waals surface area contributed by atoms with Crippen LogP contribution in [0.3, 0.4) is 0 Å². The fourth-order valence-electron chi connectivity index (χ4n) is 1.78. The first-order valence-electron chi connectivity index (χ1n) is 7.11. The molecule has 0 atom stereocenters. The van der Waals surface area contributed by atoms with Gasteiger partial charge in [0.2, 0.25) is 5.13 Å². The van der Waals surface area contributed by atoms with E-state index >= 15 is 0 Å². The standard InChI is InChI=1S/C15H18ClN3O2S/c1-2-11-5-3-6-12(9-11)21-10-13(20)17-15-19-18-14(22-15)7-4-8-16/h3,5-6,9H,2,4,7-8,10H2,1H3,(H,17,19,20). The summed E-state index contributed by atoms with van der Waals surface area (Å²) in [5, 5.41) is 12.0. The Morgan fingerprint density at radius 2 is 2.27 bits per heavy atom. The first-order chi connectivity index (χ1) is 10.7. The molecule has 1 N–H and O–H groups in total. The highest BCUT2D eigenvalue weighted by Gasteiger charge is 2.09. The van der Waals surface area contributed by atoms with Crippen LogP contribution in [0.15, 0.2) is 24.3 Å². The SMILES string of the molecule is CCc1cccc(OCC(=O)Nc2nnc(CCCCl)s2)c1. The second-order valence-electron chi connectivity index (χ2n) is 4.63. The van der Waals surface area contributed by atoms with Crippen molar-refractivity contribution in [3.8, 4) is 5.75 Å². The summed E-state index contributed by atoms with van der Waals surface area (Å²) in [4.78, 5) is 11.8. The molecule has 0 unspecified atom stereocenters. The number of nitrogens with one attached hydrogen (secondary N) is 1. The van der Waals surface area contributed by atoms with Crippen LogP contribution in [0.4, 0.5) is 5.13 Å². The summed E-state index contributed by atoms with van der Waals surface area (Å²) in [7, 11) is 0. The Balaban J connectivity index is 1.81. The zero-order chi connectivity index (χ0) is 15.8. The summed E-state index contributed by atoms with van der Waals surface area (Å²) in [5.74, 6) is 1.03. The van der Waals surface area contributed by atoms with Crippen molar-refractivity contribution in [2.75, 3.05) is 17.8 Å². The Bertz CT molecular complexity index is 618. The number of amides is 1. The normalized spacial score (nSPS) is 10.5. The van der Waals surface area contributed by atoms with Crippen LogP contribution < -0.4 is 10.1 Å². The van der Waals surface area contributed by atoms with E-state index in [2.05, 4.69) is 22.4 Å². The molecule has 1 amide bonds. The second-order valence-corrected chi connectivity index (χ2v) is 6.07. The summed E-state index contributed by atoms with van der Waals surface area (Å²) in [5.41, 5.74) is 1.17. The van der Waals surface area contributed by atoms with Crippen LogP contribution in [-0.2, 0) is 17.6 Å². The quantitative estimate of drug-likeness (QED) is 0.749. The molecular weight excluding hydrogens is 322 g/mol. The fraction of sp³-hybridized carbons (Fsp3) is 0.400. The number of ether oxygens (including phenoxy) is 1. The van der Waals surface area contributed by atoms with E-state index < -0.39 is 0 Å². The molecule has 118 valence electrons. The summed E-state index contributed by atoms with van der Waals surface area (Å²) < 4.78 is 5.48. The number of benzene rings is 1. The summed E-state index contributed by atoms with van der Waals surface area (Å²) in [6.45, 7) is 2.02. The highest BCUT2D eigenvalue weighted by atomic mass is 35.5. The highest BCUT2D eigenvalue weighted by molar-refractivity contribution is 7.15. The van der Waals surface area contributed by atoms with Crippen LogP contribution in [0, 0.1) is 0 Å². The molecule has 2 rings (SSSR count). The minimum absolute atomic E-state index is 0.0518. The van der Waals surface area contributed by atoms with E-state index in [4.69, 9.17) is 16.3 Å². The molecule has 1 aromatic heterocycles. The Kier molecular flexibility index (Phi) is 6.61. The first kappa shape index (κ1) is 16.7. The molecule has 5 nitrogen and oxygen atoms in total. The molecule has 0 aliphatic carbocycles. The Labute approximate surface area is 138 Å². The maximum absolute atomic E-state index is 11.8. The molecule has 0 fully saturated rings. The van der Waals surface area contributed by atoms with E-state index in [0.29, 0.717) is 16.8 Å². The van der Waals surface area contributed by atoms with Crippen molar-refractivity contribution < 1.29 is 9.53 Å². The van der Waals surface area contributed by atoms with Crippen LogP contribution in [0.5, 0.6) is 5.75 Å². The van der Waals surface area contributed by atoms with Gasteiger partial charge in [0.1, 0.15) is 10.8 Å². The van der Waals surface area contributed by atoms with E-state index in [1.807, 2.05) is 24.3 Å². The van der Waals surface area contributed by atoms with Crippen LogP contribution in [0.2, 0.25) is 0 Å². The number of carbonyl (C=O) groups excluding carboxylic acids is 1. The van der Waals surface area contributed by atoms with Crippen molar-refractivity contribution in [3.05, 3.63) is 34.8 Å². The Morgan fingerprint density at radius 1 is 1.41 bits per heavy atom. The molecule has 0 aliphatic rings. The third-order valence-electron chi connectivity index (χ3n) is 2.91. The predicted molar refractivity (Wildman–Crippen MR) is 88.9 cm³/mol. The lowest BCUT2D eigenvalue weighted by Gasteiger charge is -2.06. The van der Waals surface area contributed by atoms with Gasteiger partial charge in [-0.1, -0.05) is 30.4 Å². The summed E-state index contributed by atoms with van der Waals surface area (Å²) in [6, 6.07) is 7.71. The lowest BCUT2D eigenvalue weighted by atomic mass is 10.2. The molecule has 0 saturated heterocycles. The van der Waals surface area contributed by atoms with Gasteiger partial charge >= 0.3 is 0 Å².